The molecule has 0 aliphatic carbocycles. The molecule has 1 aliphatic rings. The zero-order chi connectivity index (χ0) is 17.7. The predicted molar refractivity (Wildman–Crippen MR) is 86.7 cm³/mol. The van der Waals surface area contributed by atoms with Crippen LogP contribution in [0.4, 0.5) is 4.79 Å². The van der Waals surface area contributed by atoms with E-state index in [9.17, 15) is 9.59 Å². The zero-order valence-electron chi connectivity index (χ0n) is 14.3. The Morgan fingerprint density at radius 3 is 2.33 bits per heavy atom. The van der Waals surface area contributed by atoms with Gasteiger partial charge in [-0.05, 0) is 23.6 Å². The fourth-order valence-corrected chi connectivity index (χ4v) is 2.28. The Morgan fingerprint density at radius 2 is 1.79 bits per heavy atom. The maximum atomic E-state index is 12.5. The molecule has 1 saturated heterocycles. The monoisotopic (exact) mass is 334 g/mol. The summed E-state index contributed by atoms with van der Waals surface area (Å²) < 4.78 is 9.90. The molecule has 7 nitrogen and oxygen atoms in total. The van der Waals surface area contributed by atoms with Gasteiger partial charge in [-0.3, -0.25) is 9.69 Å². The SMILES string of the molecule is COCON1C(=O)/C(=C/C(C)C)N(Cc2ccc(OC)cc2)C1=O. The van der Waals surface area contributed by atoms with Gasteiger partial charge in [0.1, 0.15) is 11.4 Å². The van der Waals surface area contributed by atoms with E-state index in [0.29, 0.717) is 5.70 Å². The van der Waals surface area contributed by atoms with Crippen LogP contribution in [0.1, 0.15) is 19.4 Å². The summed E-state index contributed by atoms with van der Waals surface area (Å²) in [5.41, 5.74) is 1.18. The first kappa shape index (κ1) is 18.0. The summed E-state index contributed by atoms with van der Waals surface area (Å²) in [5, 5.41) is 0.737. The van der Waals surface area contributed by atoms with E-state index in [1.807, 2.05) is 38.1 Å². The molecule has 0 aromatic heterocycles. The van der Waals surface area contributed by atoms with Crippen molar-refractivity contribution in [3.05, 3.63) is 41.6 Å². The number of hydrogen-bond donors (Lipinski definition) is 0. The van der Waals surface area contributed by atoms with Crippen LogP contribution in [0.25, 0.3) is 0 Å². The molecule has 1 aromatic carbocycles. The van der Waals surface area contributed by atoms with Crippen LogP contribution in [-0.4, -0.2) is 42.9 Å². The minimum atomic E-state index is -0.528. The van der Waals surface area contributed by atoms with Gasteiger partial charge in [0.25, 0.3) is 0 Å². The summed E-state index contributed by atoms with van der Waals surface area (Å²) in [5.74, 6) is 0.349. The van der Waals surface area contributed by atoms with Gasteiger partial charge in [-0.25, -0.2) is 9.63 Å². The second-order valence-electron chi connectivity index (χ2n) is 5.65. The third-order valence-electron chi connectivity index (χ3n) is 3.39. The van der Waals surface area contributed by atoms with E-state index >= 15 is 0 Å². The van der Waals surface area contributed by atoms with Crippen molar-refractivity contribution in [2.45, 2.75) is 20.4 Å². The third-order valence-corrected chi connectivity index (χ3v) is 3.39. The van der Waals surface area contributed by atoms with Crippen molar-refractivity contribution in [1.29, 1.82) is 0 Å². The van der Waals surface area contributed by atoms with Crippen LogP contribution in [0.3, 0.4) is 0 Å². The van der Waals surface area contributed by atoms with Crippen LogP contribution in [0.15, 0.2) is 36.0 Å². The highest BCUT2D eigenvalue weighted by molar-refractivity contribution is 6.10. The summed E-state index contributed by atoms with van der Waals surface area (Å²) in [6.07, 6.45) is 1.75. The van der Waals surface area contributed by atoms with Gasteiger partial charge in [-0.15, -0.1) is 5.06 Å². The van der Waals surface area contributed by atoms with Crippen molar-refractivity contribution in [2.24, 2.45) is 5.92 Å². The van der Waals surface area contributed by atoms with E-state index in [1.165, 1.54) is 12.0 Å². The molecule has 0 radical (unpaired) electrons. The van der Waals surface area contributed by atoms with Crippen molar-refractivity contribution >= 4 is 11.9 Å². The normalized spacial score (nSPS) is 16.6. The Bertz CT molecular complexity index is 624. The number of ether oxygens (including phenoxy) is 2. The first-order chi connectivity index (χ1) is 11.5. The number of hydrogen-bond acceptors (Lipinski definition) is 5. The Kier molecular flexibility index (Phi) is 5.94. The second-order valence-corrected chi connectivity index (χ2v) is 5.65. The Hall–Kier alpha value is -2.38. The molecule has 3 amide bonds. The maximum Gasteiger partial charge on any atom is 0.356 e. The van der Waals surface area contributed by atoms with Gasteiger partial charge in [0, 0.05) is 7.11 Å². The van der Waals surface area contributed by atoms with E-state index in [1.54, 1.807) is 13.2 Å². The highest BCUT2D eigenvalue weighted by Crippen LogP contribution is 2.26. The topological polar surface area (TPSA) is 68.3 Å². The number of rotatable bonds is 7. The van der Waals surface area contributed by atoms with Crippen LogP contribution < -0.4 is 4.74 Å². The number of benzene rings is 1. The second kappa shape index (κ2) is 7.94. The number of nitrogens with zero attached hydrogens (tertiary/aromatic N) is 2. The quantitative estimate of drug-likeness (QED) is 0.435. The molecule has 1 aromatic rings. The third kappa shape index (κ3) is 3.93. The number of imide groups is 1. The molecule has 1 aliphatic heterocycles. The molecular weight excluding hydrogens is 312 g/mol. The molecular formula is C17H22N2O5. The lowest BCUT2D eigenvalue weighted by Crippen LogP contribution is -2.33. The van der Waals surface area contributed by atoms with Crippen LogP contribution in [0.5, 0.6) is 5.75 Å². The fraction of sp³-hybridized carbons (Fsp3) is 0.412. The van der Waals surface area contributed by atoms with Crippen molar-refractivity contribution in [3.8, 4) is 5.75 Å². The predicted octanol–water partition coefficient (Wildman–Crippen LogP) is 2.53. The number of hydroxylamine groups is 2. The number of urea groups is 1. The van der Waals surface area contributed by atoms with E-state index in [0.717, 1.165) is 16.4 Å². The fourth-order valence-electron chi connectivity index (χ4n) is 2.28. The van der Waals surface area contributed by atoms with Crippen LogP contribution in [0.2, 0.25) is 0 Å². The molecule has 0 spiro atoms. The highest BCUT2D eigenvalue weighted by atomic mass is 16.8. The molecule has 130 valence electrons. The lowest BCUT2D eigenvalue weighted by atomic mass is 10.1. The molecule has 1 heterocycles. The van der Waals surface area contributed by atoms with Crippen molar-refractivity contribution in [2.75, 3.05) is 21.0 Å². The number of allylic oxidation sites excluding steroid dienone is 1. The smallest absolute Gasteiger partial charge is 0.356 e. The summed E-state index contributed by atoms with van der Waals surface area (Å²) in [6, 6.07) is 6.79. The van der Waals surface area contributed by atoms with Gasteiger partial charge in [0.2, 0.25) is 0 Å². The van der Waals surface area contributed by atoms with E-state index in [4.69, 9.17) is 14.3 Å². The largest absolute Gasteiger partial charge is 0.497 e. The molecule has 2 rings (SSSR count). The van der Waals surface area contributed by atoms with Gasteiger partial charge in [-0.2, -0.15) is 0 Å². The minimum Gasteiger partial charge on any atom is -0.497 e. The molecule has 0 bridgehead atoms. The number of carbonyl (C=O) groups excluding carboxylic acids is 2. The summed E-state index contributed by atoms with van der Waals surface area (Å²) in [7, 11) is 3.01. The summed E-state index contributed by atoms with van der Waals surface area (Å²) in [4.78, 5) is 31.5. The van der Waals surface area contributed by atoms with Gasteiger partial charge in [0.05, 0.1) is 13.7 Å². The van der Waals surface area contributed by atoms with Gasteiger partial charge in [0.15, 0.2) is 6.79 Å². The summed E-state index contributed by atoms with van der Waals surface area (Å²) >= 11 is 0. The molecule has 0 saturated carbocycles. The number of carbonyl (C=O) groups is 2. The summed E-state index contributed by atoms with van der Waals surface area (Å²) in [6.45, 7) is 3.97. The Morgan fingerprint density at radius 1 is 1.12 bits per heavy atom. The Balaban J connectivity index is 2.25. The standard InChI is InChI=1S/C17H22N2O5/c1-12(2)9-15-16(20)19(24-11-22-3)17(21)18(15)10-13-5-7-14(23-4)8-6-13/h5-9,12H,10-11H2,1-4H3/b15-9-. The lowest BCUT2D eigenvalue weighted by Gasteiger charge is -2.17. The first-order valence-corrected chi connectivity index (χ1v) is 7.60. The lowest BCUT2D eigenvalue weighted by molar-refractivity contribution is -0.189. The van der Waals surface area contributed by atoms with E-state index in [-0.39, 0.29) is 19.3 Å². The van der Waals surface area contributed by atoms with E-state index in [2.05, 4.69) is 0 Å². The van der Waals surface area contributed by atoms with Gasteiger partial charge < -0.3 is 9.47 Å². The van der Waals surface area contributed by atoms with Gasteiger partial charge >= 0.3 is 11.9 Å². The molecule has 24 heavy (non-hydrogen) atoms. The van der Waals surface area contributed by atoms with Crippen LogP contribution in [0, 0.1) is 5.92 Å². The van der Waals surface area contributed by atoms with Crippen LogP contribution in [-0.2, 0) is 20.9 Å². The number of amides is 3. The van der Waals surface area contributed by atoms with Crippen molar-refractivity contribution < 1.29 is 23.9 Å². The average Bonchev–Trinajstić information content (AvgIpc) is 2.77. The number of methoxy groups -OCH3 is 2. The zero-order valence-corrected chi connectivity index (χ0v) is 14.3. The molecule has 0 N–H and O–H groups in total. The highest BCUT2D eigenvalue weighted by Gasteiger charge is 2.42. The van der Waals surface area contributed by atoms with Crippen molar-refractivity contribution in [1.82, 2.24) is 9.96 Å². The van der Waals surface area contributed by atoms with E-state index < -0.39 is 11.9 Å². The average molecular weight is 334 g/mol. The molecule has 0 unspecified atom stereocenters. The van der Waals surface area contributed by atoms with Gasteiger partial charge in [-0.1, -0.05) is 32.1 Å². The maximum absolute atomic E-state index is 12.5. The van der Waals surface area contributed by atoms with Crippen molar-refractivity contribution in [3.63, 3.8) is 0 Å². The molecule has 7 heteroatoms. The molecule has 0 atom stereocenters. The van der Waals surface area contributed by atoms with Crippen LogP contribution >= 0.6 is 0 Å². The minimum absolute atomic E-state index is 0.109. The Labute approximate surface area is 141 Å². The molecule has 1 fully saturated rings. The first-order valence-electron chi connectivity index (χ1n) is 7.60.